The number of benzene rings is 1. The lowest BCUT2D eigenvalue weighted by atomic mass is 10.1. The molecule has 0 heterocycles. The number of sulfonamides is 1. The summed E-state index contributed by atoms with van der Waals surface area (Å²) in [5.41, 5.74) is 5.80. The van der Waals surface area contributed by atoms with Crippen LogP contribution in [0, 0.1) is 5.92 Å². The Morgan fingerprint density at radius 3 is 2.29 bits per heavy atom. The Morgan fingerprint density at radius 2 is 1.86 bits per heavy atom. The summed E-state index contributed by atoms with van der Waals surface area (Å²) in [7, 11) is -0.0560. The summed E-state index contributed by atoms with van der Waals surface area (Å²) >= 11 is 11.8. The van der Waals surface area contributed by atoms with Crippen LogP contribution in [-0.4, -0.2) is 40.0 Å². The molecule has 0 saturated carbocycles. The molecular formula is C13H21Cl2N3O2S. The van der Waals surface area contributed by atoms with Gasteiger partial charge in [-0.1, -0.05) is 37.0 Å². The van der Waals surface area contributed by atoms with Gasteiger partial charge in [0.15, 0.2) is 0 Å². The Kier molecular flexibility index (Phi) is 6.31. The van der Waals surface area contributed by atoms with Crippen LogP contribution in [0.25, 0.3) is 0 Å². The van der Waals surface area contributed by atoms with Crippen molar-refractivity contribution in [3.8, 4) is 0 Å². The van der Waals surface area contributed by atoms with Gasteiger partial charge >= 0.3 is 0 Å². The summed E-state index contributed by atoms with van der Waals surface area (Å²) in [6, 6.07) is 2.49. The van der Waals surface area contributed by atoms with Crippen molar-refractivity contribution >= 4 is 38.9 Å². The molecule has 1 aromatic rings. The lowest BCUT2D eigenvalue weighted by molar-refractivity contribution is 0.314. The second-order valence-electron chi connectivity index (χ2n) is 5.54. The van der Waals surface area contributed by atoms with E-state index in [4.69, 9.17) is 28.9 Å². The first kappa shape index (κ1) is 18.5. The van der Waals surface area contributed by atoms with E-state index in [0.29, 0.717) is 11.6 Å². The minimum absolute atomic E-state index is 0.0138. The third kappa shape index (κ3) is 5.00. The smallest absolute Gasteiger partial charge is 0.244 e. The number of nitrogens with zero attached hydrogens (tertiary/aromatic N) is 1. The van der Waals surface area contributed by atoms with Gasteiger partial charge in [0.2, 0.25) is 10.0 Å². The standard InChI is InChI=1S/C13H21Cl2N3O2S/c1-8(2)12(7-18(3)4)17-21(19,20)13-10(15)5-9(14)6-11(13)16/h5-6,8,12,17H,7,16H2,1-4H3. The highest BCUT2D eigenvalue weighted by molar-refractivity contribution is 7.89. The molecule has 0 aliphatic rings. The maximum Gasteiger partial charge on any atom is 0.244 e. The first-order chi connectivity index (χ1) is 9.54. The molecule has 0 aromatic heterocycles. The molecule has 1 unspecified atom stereocenters. The average Bonchev–Trinajstić information content (AvgIpc) is 2.24. The molecule has 5 nitrogen and oxygen atoms in total. The molecule has 0 fully saturated rings. The van der Waals surface area contributed by atoms with Crippen LogP contribution in [0.5, 0.6) is 0 Å². The fraction of sp³-hybridized carbons (Fsp3) is 0.538. The zero-order valence-corrected chi connectivity index (χ0v) is 14.9. The number of halogens is 2. The van der Waals surface area contributed by atoms with Gasteiger partial charge in [-0.3, -0.25) is 0 Å². The van der Waals surface area contributed by atoms with E-state index in [2.05, 4.69) is 4.72 Å². The van der Waals surface area contributed by atoms with Crippen LogP contribution in [-0.2, 0) is 10.0 Å². The molecule has 0 amide bonds. The molecule has 0 bridgehead atoms. The Hall–Kier alpha value is -0.530. The van der Waals surface area contributed by atoms with Gasteiger partial charge in [-0.15, -0.1) is 0 Å². The molecule has 0 spiro atoms. The molecule has 8 heteroatoms. The molecule has 0 saturated heterocycles. The third-order valence-corrected chi connectivity index (χ3v) is 5.21. The first-order valence-electron chi connectivity index (χ1n) is 6.46. The van der Waals surface area contributed by atoms with E-state index in [9.17, 15) is 8.42 Å². The lowest BCUT2D eigenvalue weighted by Crippen LogP contribution is -2.45. The van der Waals surface area contributed by atoms with Crippen molar-refractivity contribution in [3.05, 3.63) is 22.2 Å². The molecule has 3 N–H and O–H groups in total. The number of hydrogen-bond acceptors (Lipinski definition) is 4. The number of rotatable bonds is 6. The van der Waals surface area contributed by atoms with Crippen LogP contribution in [0.2, 0.25) is 10.0 Å². The SMILES string of the molecule is CC(C)C(CN(C)C)NS(=O)(=O)c1c(N)cc(Cl)cc1Cl. The Labute approximate surface area is 136 Å². The summed E-state index contributed by atoms with van der Waals surface area (Å²) in [4.78, 5) is 1.79. The molecule has 0 aliphatic heterocycles. The van der Waals surface area contributed by atoms with Gasteiger partial charge < -0.3 is 10.6 Å². The number of nitrogens with two attached hydrogens (primary N) is 1. The summed E-state index contributed by atoms with van der Waals surface area (Å²) in [6.07, 6.45) is 0. The maximum absolute atomic E-state index is 12.5. The predicted octanol–water partition coefficient (Wildman–Crippen LogP) is 2.44. The van der Waals surface area contributed by atoms with Crippen molar-refractivity contribution in [2.75, 3.05) is 26.4 Å². The second-order valence-corrected chi connectivity index (χ2v) is 8.03. The molecular weight excluding hydrogens is 333 g/mol. The zero-order valence-electron chi connectivity index (χ0n) is 12.5. The van der Waals surface area contributed by atoms with E-state index in [1.165, 1.54) is 12.1 Å². The minimum atomic E-state index is -3.82. The maximum atomic E-state index is 12.5. The van der Waals surface area contributed by atoms with Crippen LogP contribution in [0.3, 0.4) is 0 Å². The molecule has 120 valence electrons. The lowest BCUT2D eigenvalue weighted by Gasteiger charge is -2.26. The van der Waals surface area contributed by atoms with E-state index in [1.807, 2.05) is 32.8 Å². The highest BCUT2D eigenvalue weighted by Gasteiger charge is 2.27. The summed E-state index contributed by atoms with van der Waals surface area (Å²) < 4.78 is 27.8. The van der Waals surface area contributed by atoms with Gasteiger partial charge in [-0.05, 0) is 32.1 Å². The van der Waals surface area contributed by atoms with E-state index in [1.54, 1.807) is 0 Å². The zero-order chi connectivity index (χ0) is 16.4. The van der Waals surface area contributed by atoms with Crippen molar-refractivity contribution in [1.29, 1.82) is 0 Å². The summed E-state index contributed by atoms with van der Waals surface area (Å²) in [5.74, 6) is 0.120. The topological polar surface area (TPSA) is 75.4 Å². The van der Waals surface area contributed by atoms with Crippen molar-refractivity contribution < 1.29 is 8.42 Å². The fourth-order valence-electron chi connectivity index (χ4n) is 1.90. The highest BCUT2D eigenvalue weighted by atomic mass is 35.5. The molecule has 0 radical (unpaired) electrons. The number of nitrogens with one attached hydrogen (secondary N) is 1. The van der Waals surface area contributed by atoms with Gasteiger partial charge in [-0.2, -0.15) is 0 Å². The quantitative estimate of drug-likeness (QED) is 0.770. The average molecular weight is 354 g/mol. The third-order valence-electron chi connectivity index (χ3n) is 2.98. The van der Waals surface area contributed by atoms with Crippen molar-refractivity contribution in [3.63, 3.8) is 0 Å². The second kappa shape index (κ2) is 7.15. The number of nitrogen functional groups attached to an aromatic ring is 1. The van der Waals surface area contributed by atoms with Crippen molar-refractivity contribution in [2.24, 2.45) is 5.92 Å². The van der Waals surface area contributed by atoms with Crippen LogP contribution < -0.4 is 10.5 Å². The monoisotopic (exact) mass is 353 g/mol. The number of hydrogen-bond donors (Lipinski definition) is 2. The van der Waals surface area contributed by atoms with Gasteiger partial charge in [0.25, 0.3) is 0 Å². The molecule has 21 heavy (non-hydrogen) atoms. The molecule has 1 rings (SSSR count). The highest BCUT2D eigenvalue weighted by Crippen LogP contribution is 2.31. The fourth-order valence-corrected chi connectivity index (χ4v) is 4.26. The van der Waals surface area contributed by atoms with Gasteiger partial charge in [-0.25, -0.2) is 13.1 Å². The Morgan fingerprint density at radius 1 is 1.29 bits per heavy atom. The van der Waals surface area contributed by atoms with Crippen molar-refractivity contribution in [2.45, 2.75) is 24.8 Å². The summed E-state index contributed by atoms with van der Waals surface area (Å²) in [6.45, 7) is 4.47. The van der Waals surface area contributed by atoms with Gasteiger partial charge in [0.05, 0.1) is 10.7 Å². The molecule has 0 aliphatic carbocycles. The summed E-state index contributed by atoms with van der Waals surface area (Å²) in [5, 5.41) is 0.310. The normalized spacial score (nSPS) is 13.9. The largest absolute Gasteiger partial charge is 0.398 e. The predicted molar refractivity (Wildman–Crippen MR) is 88.4 cm³/mol. The number of likely N-dealkylation sites (N-methyl/N-ethyl adjacent to an activating group) is 1. The first-order valence-corrected chi connectivity index (χ1v) is 8.70. The van der Waals surface area contributed by atoms with E-state index in [0.717, 1.165) is 0 Å². The van der Waals surface area contributed by atoms with E-state index in [-0.39, 0.29) is 27.6 Å². The van der Waals surface area contributed by atoms with Crippen LogP contribution in [0.4, 0.5) is 5.69 Å². The van der Waals surface area contributed by atoms with Gasteiger partial charge in [0.1, 0.15) is 4.90 Å². The van der Waals surface area contributed by atoms with Crippen molar-refractivity contribution in [1.82, 2.24) is 9.62 Å². The Balaban J connectivity index is 3.17. The van der Waals surface area contributed by atoms with Gasteiger partial charge in [0, 0.05) is 17.6 Å². The van der Waals surface area contributed by atoms with Crippen LogP contribution >= 0.6 is 23.2 Å². The van der Waals surface area contributed by atoms with Crippen LogP contribution in [0.15, 0.2) is 17.0 Å². The molecule has 1 atom stereocenters. The minimum Gasteiger partial charge on any atom is -0.398 e. The van der Waals surface area contributed by atoms with Crippen LogP contribution in [0.1, 0.15) is 13.8 Å². The van der Waals surface area contributed by atoms with E-state index >= 15 is 0 Å². The Bertz CT molecular complexity index is 580. The number of anilines is 1. The molecule has 1 aromatic carbocycles. The van der Waals surface area contributed by atoms with E-state index < -0.39 is 10.0 Å².